The monoisotopic (exact) mass is 219 g/mol. The Morgan fingerprint density at radius 1 is 1.44 bits per heavy atom. The van der Waals surface area contributed by atoms with Gasteiger partial charge < -0.3 is 16.4 Å². The zero-order chi connectivity index (χ0) is 12.1. The van der Waals surface area contributed by atoms with Gasteiger partial charge in [0, 0.05) is 12.2 Å². The third-order valence-electron chi connectivity index (χ3n) is 2.93. The molecule has 1 aliphatic rings. The van der Waals surface area contributed by atoms with Crippen LogP contribution < -0.4 is 11.5 Å². The molecule has 16 heavy (non-hydrogen) atoms. The molecule has 3 heteroatoms. The van der Waals surface area contributed by atoms with E-state index in [9.17, 15) is 0 Å². The highest BCUT2D eigenvalue weighted by Crippen LogP contribution is 2.26. The van der Waals surface area contributed by atoms with Crippen molar-refractivity contribution in [3.8, 4) is 0 Å². The van der Waals surface area contributed by atoms with Crippen molar-refractivity contribution in [2.75, 3.05) is 20.1 Å². The van der Waals surface area contributed by atoms with Gasteiger partial charge in [0.25, 0.3) is 0 Å². The molecule has 0 bridgehead atoms. The van der Waals surface area contributed by atoms with Gasteiger partial charge in [0.05, 0.1) is 0 Å². The summed E-state index contributed by atoms with van der Waals surface area (Å²) in [6.07, 6.45) is 6.04. The Hall–Kier alpha value is -1.48. The van der Waals surface area contributed by atoms with Crippen LogP contribution in [0.4, 0.5) is 0 Å². The summed E-state index contributed by atoms with van der Waals surface area (Å²) in [6.45, 7) is 10.3. The van der Waals surface area contributed by atoms with Gasteiger partial charge >= 0.3 is 0 Å². The minimum Gasteiger partial charge on any atom is -0.405 e. The van der Waals surface area contributed by atoms with Crippen molar-refractivity contribution in [3.63, 3.8) is 0 Å². The third-order valence-corrected chi connectivity index (χ3v) is 2.93. The lowest BCUT2D eigenvalue weighted by molar-refractivity contribution is 0.406. The smallest absolute Gasteiger partial charge is 0.0334 e. The van der Waals surface area contributed by atoms with Crippen LogP contribution in [0, 0.1) is 5.92 Å². The molecule has 1 fully saturated rings. The van der Waals surface area contributed by atoms with Crippen molar-refractivity contribution in [1.29, 1.82) is 0 Å². The predicted octanol–water partition coefficient (Wildman–Crippen LogP) is 1.37. The van der Waals surface area contributed by atoms with E-state index >= 15 is 0 Å². The fraction of sp³-hybridized carbons (Fsp3) is 0.385. The quantitative estimate of drug-likeness (QED) is 0.702. The molecule has 0 saturated carbocycles. The van der Waals surface area contributed by atoms with E-state index in [2.05, 4.69) is 25.1 Å². The van der Waals surface area contributed by atoms with Gasteiger partial charge in [-0.3, -0.25) is 0 Å². The van der Waals surface area contributed by atoms with Crippen molar-refractivity contribution in [2.45, 2.75) is 6.42 Å². The minimum atomic E-state index is 0.503. The Morgan fingerprint density at radius 2 is 2.12 bits per heavy atom. The number of hydrogen-bond acceptors (Lipinski definition) is 3. The molecule has 4 N–H and O–H groups in total. The molecule has 1 aliphatic heterocycles. The molecule has 1 saturated heterocycles. The van der Waals surface area contributed by atoms with Crippen LogP contribution >= 0.6 is 0 Å². The van der Waals surface area contributed by atoms with Crippen molar-refractivity contribution in [2.24, 2.45) is 17.4 Å². The standard InChI is InChI=1S/C13H21N3/c1-10(8-13(15)4-6-14)11(2)12-5-7-16(3)9-12/h4,6,8,12H,1-2,5,7,9,14-15H2,3H3/b6-4-,13-8+. The number of hydrogen-bond donors (Lipinski definition) is 2. The zero-order valence-corrected chi connectivity index (χ0v) is 9.95. The second-order valence-corrected chi connectivity index (χ2v) is 4.30. The Balaban J connectivity index is 2.61. The fourth-order valence-corrected chi connectivity index (χ4v) is 1.93. The van der Waals surface area contributed by atoms with E-state index in [-0.39, 0.29) is 0 Å². The zero-order valence-electron chi connectivity index (χ0n) is 9.95. The molecule has 0 aliphatic carbocycles. The summed E-state index contributed by atoms with van der Waals surface area (Å²) in [6, 6.07) is 0. The van der Waals surface area contributed by atoms with Gasteiger partial charge in [0.1, 0.15) is 0 Å². The summed E-state index contributed by atoms with van der Waals surface area (Å²) >= 11 is 0. The Morgan fingerprint density at radius 3 is 2.62 bits per heavy atom. The van der Waals surface area contributed by atoms with Crippen LogP contribution in [0.15, 0.2) is 48.4 Å². The highest BCUT2D eigenvalue weighted by Gasteiger charge is 2.22. The molecule has 88 valence electrons. The minimum absolute atomic E-state index is 0.503. The van der Waals surface area contributed by atoms with E-state index in [4.69, 9.17) is 11.5 Å². The molecular weight excluding hydrogens is 198 g/mol. The predicted molar refractivity (Wildman–Crippen MR) is 69.5 cm³/mol. The average molecular weight is 219 g/mol. The number of nitrogens with two attached hydrogens (primary N) is 2. The summed E-state index contributed by atoms with van der Waals surface area (Å²) < 4.78 is 0. The number of likely N-dealkylation sites (tertiary alicyclic amines) is 1. The van der Waals surface area contributed by atoms with E-state index in [1.54, 1.807) is 6.08 Å². The molecular formula is C13H21N3. The Kier molecular flexibility index (Phi) is 4.38. The van der Waals surface area contributed by atoms with Gasteiger partial charge in [-0.05, 0) is 55.4 Å². The molecule has 1 unspecified atom stereocenters. The van der Waals surface area contributed by atoms with E-state index in [1.807, 2.05) is 6.08 Å². The first-order valence-electron chi connectivity index (χ1n) is 5.46. The molecule has 0 aromatic heterocycles. The van der Waals surface area contributed by atoms with Gasteiger partial charge in [0.15, 0.2) is 0 Å². The first-order valence-corrected chi connectivity index (χ1v) is 5.46. The van der Waals surface area contributed by atoms with Gasteiger partial charge in [-0.25, -0.2) is 0 Å². The molecule has 0 aromatic rings. The largest absolute Gasteiger partial charge is 0.405 e. The van der Waals surface area contributed by atoms with Crippen molar-refractivity contribution in [3.05, 3.63) is 48.4 Å². The van der Waals surface area contributed by atoms with E-state index in [0.717, 1.165) is 30.7 Å². The second-order valence-electron chi connectivity index (χ2n) is 4.30. The van der Waals surface area contributed by atoms with Crippen LogP contribution in [-0.2, 0) is 0 Å². The Labute approximate surface area is 97.8 Å². The molecule has 0 spiro atoms. The van der Waals surface area contributed by atoms with E-state index in [0.29, 0.717) is 11.6 Å². The lowest BCUT2D eigenvalue weighted by Gasteiger charge is -2.14. The van der Waals surface area contributed by atoms with Crippen molar-refractivity contribution in [1.82, 2.24) is 4.90 Å². The van der Waals surface area contributed by atoms with Crippen molar-refractivity contribution >= 4 is 0 Å². The van der Waals surface area contributed by atoms with E-state index < -0.39 is 0 Å². The summed E-state index contributed by atoms with van der Waals surface area (Å²) in [5.41, 5.74) is 13.6. The van der Waals surface area contributed by atoms with Crippen LogP contribution in [0.1, 0.15) is 6.42 Å². The molecule has 1 rings (SSSR count). The van der Waals surface area contributed by atoms with Crippen LogP contribution in [-0.4, -0.2) is 25.0 Å². The highest BCUT2D eigenvalue weighted by atomic mass is 15.1. The lowest BCUT2D eigenvalue weighted by Crippen LogP contribution is -2.15. The molecule has 0 aromatic carbocycles. The van der Waals surface area contributed by atoms with Crippen LogP contribution in [0.3, 0.4) is 0 Å². The normalized spacial score (nSPS) is 22.8. The molecule has 0 radical (unpaired) electrons. The summed E-state index contributed by atoms with van der Waals surface area (Å²) in [4.78, 5) is 2.30. The molecule has 1 atom stereocenters. The molecule has 3 nitrogen and oxygen atoms in total. The van der Waals surface area contributed by atoms with Gasteiger partial charge in [-0.1, -0.05) is 13.2 Å². The van der Waals surface area contributed by atoms with Crippen LogP contribution in [0.5, 0.6) is 0 Å². The lowest BCUT2D eigenvalue weighted by atomic mass is 9.93. The SMILES string of the molecule is C=C(/C=C(N)\C=C/N)C(=C)C1CCN(C)C1. The number of nitrogens with zero attached hydrogens (tertiary/aromatic N) is 1. The highest BCUT2D eigenvalue weighted by molar-refractivity contribution is 5.41. The van der Waals surface area contributed by atoms with Gasteiger partial charge in [-0.2, -0.15) is 0 Å². The maximum absolute atomic E-state index is 5.73. The maximum Gasteiger partial charge on any atom is 0.0334 e. The van der Waals surface area contributed by atoms with Gasteiger partial charge in [-0.15, -0.1) is 0 Å². The fourth-order valence-electron chi connectivity index (χ4n) is 1.93. The first-order chi connectivity index (χ1) is 7.54. The first kappa shape index (κ1) is 12.6. The summed E-state index contributed by atoms with van der Waals surface area (Å²) in [5, 5.41) is 0. The summed E-state index contributed by atoms with van der Waals surface area (Å²) in [7, 11) is 2.12. The van der Waals surface area contributed by atoms with Crippen LogP contribution in [0.25, 0.3) is 0 Å². The third kappa shape index (κ3) is 3.28. The average Bonchev–Trinajstić information content (AvgIpc) is 2.64. The topological polar surface area (TPSA) is 55.3 Å². The summed E-state index contributed by atoms with van der Waals surface area (Å²) in [5.74, 6) is 0.503. The van der Waals surface area contributed by atoms with E-state index in [1.165, 1.54) is 6.20 Å². The number of allylic oxidation sites excluding steroid dienone is 3. The number of rotatable bonds is 4. The van der Waals surface area contributed by atoms with Crippen molar-refractivity contribution < 1.29 is 0 Å². The molecule has 0 amide bonds. The van der Waals surface area contributed by atoms with Gasteiger partial charge in [0.2, 0.25) is 0 Å². The maximum atomic E-state index is 5.73. The van der Waals surface area contributed by atoms with Crippen LogP contribution in [0.2, 0.25) is 0 Å². The molecule has 1 heterocycles. The second kappa shape index (κ2) is 5.56. The Bertz CT molecular complexity index is 339.